The number of aryl methyl sites for hydroxylation is 1. The first-order valence-corrected chi connectivity index (χ1v) is 6.28. The van der Waals surface area contributed by atoms with Gasteiger partial charge in [0.2, 0.25) is 11.8 Å². The number of barbiturate groups is 1. The van der Waals surface area contributed by atoms with E-state index in [1.54, 1.807) is 0 Å². The molecule has 0 spiro atoms. The van der Waals surface area contributed by atoms with Crippen molar-refractivity contribution in [1.82, 2.24) is 15.2 Å². The zero-order chi connectivity index (χ0) is 13.5. The number of hydrogen-bond acceptors (Lipinski definition) is 5. The molecule has 96 valence electrons. The maximum atomic E-state index is 12.1. The van der Waals surface area contributed by atoms with Gasteiger partial charge in [0.05, 0.1) is 6.54 Å². The molecule has 0 atom stereocenters. The first kappa shape index (κ1) is 12.7. The number of nitrogens with one attached hydrogen (secondary N) is 1. The molecule has 1 aromatic heterocycles. The predicted molar refractivity (Wildman–Crippen MR) is 64.7 cm³/mol. The van der Waals surface area contributed by atoms with Crippen molar-refractivity contribution in [2.24, 2.45) is 5.41 Å². The van der Waals surface area contributed by atoms with Crippen LogP contribution in [0.5, 0.6) is 0 Å². The van der Waals surface area contributed by atoms with Gasteiger partial charge in [0.1, 0.15) is 10.4 Å². The second-order valence-corrected chi connectivity index (χ2v) is 5.60. The van der Waals surface area contributed by atoms with E-state index >= 15 is 0 Å². The lowest BCUT2D eigenvalue weighted by molar-refractivity contribution is -0.149. The maximum Gasteiger partial charge on any atom is 0.331 e. The molecular formula is C11H13N3O3S. The van der Waals surface area contributed by atoms with Crippen LogP contribution in [0.4, 0.5) is 4.79 Å². The number of thiazole rings is 1. The van der Waals surface area contributed by atoms with Gasteiger partial charge >= 0.3 is 6.03 Å². The van der Waals surface area contributed by atoms with Crippen LogP contribution in [0.3, 0.4) is 0 Å². The molecule has 7 heteroatoms. The fraction of sp³-hybridized carbons (Fsp3) is 0.455. The number of carbonyl (C=O) groups excluding carboxylic acids is 3. The summed E-state index contributed by atoms with van der Waals surface area (Å²) in [6, 6.07) is -0.683. The normalized spacial score (nSPS) is 19.1. The summed E-state index contributed by atoms with van der Waals surface area (Å²) in [5.41, 5.74) is -0.379. The lowest BCUT2D eigenvalue weighted by Gasteiger charge is -2.34. The number of aromatic nitrogens is 1. The van der Waals surface area contributed by atoms with Crippen LogP contribution in [0.2, 0.25) is 0 Å². The Kier molecular flexibility index (Phi) is 2.94. The van der Waals surface area contributed by atoms with Crippen molar-refractivity contribution in [3.8, 4) is 0 Å². The van der Waals surface area contributed by atoms with Crippen LogP contribution < -0.4 is 5.32 Å². The Labute approximate surface area is 108 Å². The van der Waals surface area contributed by atoms with Crippen molar-refractivity contribution in [3.63, 3.8) is 0 Å². The fourth-order valence-electron chi connectivity index (χ4n) is 1.60. The number of carbonyl (C=O) groups is 3. The minimum Gasteiger partial charge on any atom is -0.277 e. The van der Waals surface area contributed by atoms with Crippen LogP contribution in [0.1, 0.15) is 24.5 Å². The lowest BCUT2D eigenvalue weighted by atomic mass is 9.89. The van der Waals surface area contributed by atoms with E-state index in [9.17, 15) is 14.4 Å². The number of amides is 4. The first-order chi connectivity index (χ1) is 8.32. The van der Waals surface area contributed by atoms with Crippen LogP contribution in [-0.4, -0.2) is 27.7 Å². The molecule has 1 fully saturated rings. The van der Waals surface area contributed by atoms with Gasteiger partial charge in [0, 0.05) is 11.1 Å². The van der Waals surface area contributed by atoms with Gasteiger partial charge in [-0.25, -0.2) is 9.78 Å². The summed E-state index contributed by atoms with van der Waals surface area (Å²) in [6.07, 6.45) is 0. The Balaban J connectivity index is 2.24. The van der Waals surface area contributed by atoms with Crippen molar-refractivity contribution in [2.75, 3.05) is 0 Å². The van der Waals surface area contributed by atoms with E-state index in [0.29, 0.717) is 5.01 Å². The minimum absolute atomic E-state index is 0.0971. The molecule has 0 bridgehead atoms. The average Bonchev–Trinajstić information content (AvgIpc) is 2.68. The predicted octanol–water partition coefficient (Wildman–Crippen LogP) is 1.06. The third-order valence-electron chi connectivity index (χ3n) is 2.77. The molecule has 1 saturated heterocycles. The molecule has 0 aromatic carbocycles. The molecule has 6 nitrogen and oxygen atoms in total. The molecule has 0 saturated carbocycles. The zero-order valence-corrected chi connectivity index (χ0v) is 11.1. The van der Waals surface area contributed by atoms with Gasteiger partial charge in [0.25, 0.3) is 0 Å². The Bertz CT molecular complexity index is 535. The Morgan fingerprint density at radius 1 is 1.39 bits per heavy atom. The third-order valence-corrected chi connectivity index (χ3v) is 3.72. The van der Waals surface area contributed by atoms with E-state index in [1.165, 1.54) is 25.2 Å². The van der Waals surface area contributed by atoms with Gasteiger partial charge in [-0.05, 0) is 20.8 Å². The van der Waals surface area contributed by atoms with E-state index in [-0.39, 0.29) is 6.54 Å². The minimum atomic E-state index is -1.22. The van der Waals surface area contributed by atoms with Crippen LogP contribution >= 0.6 is 11.3 Å². The summed E-state index contributed by atoms with van der Waals surface area (Å²) in [5, 5.41) is 4.69. The second kappa shape index (κ2) is 4.16. The summed E-state index contributed by atoms with van der Waals surface area (Å²) >= 11 is 1.38. The topological polar surface area (TPSA) is 79.4 Å². The summed E-state index contributed by atoms with van der Waals surface area (Å²) in [6.45, 7) is 4.93. The second-order valence-electron chi connectivity index (χ2n) is 4.66. The molecule has 4 amide bonds. The van der Waals surface area contributed by atoms with E-state index < -0.39 is 23.3 Å². The fourth-order valence-corrected chi connectivity index (χ4v) is 2.36. The number of imide groups is 2. The van der Waals surface area contributed by atoms with Crippen molar-refractivity contribution >= 4 is 29.2 Å². The summed E-state index contributed by atoms with van der Waals surface area (Å²) in [4.78, 5) is 40.5. The largest absolute Gasteiger partial charge is 0.331 e. The van der Waals surface area contributed by atoms with Gasteiger partial charge in [0.15, 0.2) is 0 Å². The summed E-state index contributed by atoms with van der Waals surface area (Å²) < 4.78 is 0. The highest BCUT2D eigenvalue weighted by Gasteiger charge is 2.47. The molecule has 2 heterocycles. The molecule has 0 radical (unpaired) electrons. The zero-order valence-electron chi connectivity index (χ0n) is 10.3. The maximum absolute atomic E-state index is 12.1. The monoisotopic (exact) mass is 267 g/mol. The van der Waals surface area contributed by atoms with E-state index in [2.05, 4.69) is 10.3 Å². The molecule has 1 aliphatic rings. The molecule has 0 aliphatic carbocycles. The number of nitrogens with zero attached hydrogens (tertiary/aromatic N) is 2. The molecular weight excluding hydrogens is 254 g/mol. The van der Waals surface area contributed by atoms with E-state index in [4.69, 9.17) is 0 Å². The van der Waals surface area contributed by atoms with Crippen LogP contribution in [0.25, 0.3) is 0 Å². The summed E-state index contributed by atoms with van der Waals surface area (Å²) in [7, 11) is 0. The number of urea groups is 1. The quantitative estimate of drug-likeness (QED) is 0.812. The van der Waals surface area contributed by atoms with Crippen LogP contribution in [-0.2, 0) is 16.1 Å². The Hall–Kier alpha value is -1.76. The highest BCUT2D eigenvalue weighted by molar-refractivity contribution is 7.09. The molecule has 1 aromatic rings. The van der Waals surface area contributed by atoms with Crippen molar-refractivity contribution in [1.29, 1.82) is 0 Å². The molecule has 18 heavy (non-hydrogen) atoms. The molecule has 1 aliphatic heterocycles. The van der Waals surface area contributed by atoms with Gasteiger partial charge in [-0.1, -0.05) is 0 Å². The Morgan fingerprint density at radius 3 is 2.61 bits per heavy atom. The highest BCUT2D eigenvalue weighted by atomic mass is 32.1. The van der Waals surface area contributed by atoms with Gasteiger partial charge in [-0.2, -0.15) is 0 Å². The van der Waals surface area contributed by atoms with Gasteiger partial charge in [-0.3, -0.25) is 19.8 Å². The number of rotatable bonds is 2. The van der Waals surface area contributed by atoms with Gasteiger partial charge in [-0.15, -0.1) is 11.3 Å². The van der Waals surface area contributed by atoms with E-state index in [0.717, 1.165) is 10.6 Å². The Morgan fingerprint density at radius 2 is 2.06 bits per heavy atom. The van der Waals surface area contributed by atoms with Crippen molar-refractivity contribution < 1.29 is 14.4 Å². The first-order valence-electron chi connectivity index (χ1n) is 5.41. The van der Waals surface area contributed by atoms with Gasteiger partial charge < -0.3 is 0 Å². The van der Waals surface area contributed by atoms with Crippen LogP contribution in [0, 0.1) is 12.3 Å². The molecule has 2 rings (SSSR count). The highest BCUT2D eigenvalue weighted by Crippen LogP contribution is 2.25. The van der Waals surface area contributed by atoms with Crippen molar-refractivity contribution in [2.45, 2.75) is 27.3 Å². The molecule has 1 N–H and O–H groups in total. The van der Waals surface area contributed by atoms with Crippen LogP contribution in [0.15, 0.2) is 5.38 Å². The standard InChI is InChI=1S/C11H13N3O3S/c1-6-5-18-7(12-6)4-14-9(16)11(2,3)8(15)13-10(14)17/h5H,4H2,1-3H3,(H,13,15,17). The smallest absolute Gasteiger partial charge is 0.277 e. The summed E-state index contributed by atoms with van der Waals surface area (Å²) in [5.74, 6) is -1.06. The third kappa shape index (κ3) is 2.01. The molecule has 0 unspecified atom stereocenters. The lowest BCUT2D eigenvalue weighted by Crippen LogP contribution is -2.61. The van der Waals surface area contributed by atoms with Crippen molar-refractivity contribution in [3.05, 3.63) is 16.1 Å². The SMILES string of the molecule is Cc1csc(CN2C(=O)NC(=O)C(C)(C)C2=O)n1. The average molecular weight is 267 g/mol. The van der Waals surface area contributed by atoms with E-state index in [1.807, 2.05) is 12.3 Å². The number of hydrogen-bond donors (Lipinski definition) is 1.